The van der Waals surface area contributed by atoms with Crippen molar-refractivity contribution in [1.82, 2.24) is 25.1 Å². The van der Waals surface area contributed by atoms with Gasteiger partial charge in [0.2, 0.25) is 5.82 Å². The van der Waals surface area contributed by atoms with E-state index < -0.39 is 12.1 Å². The van der Waals surface area contributed by atoms with Gasteiger partial charge < -0.3 is 9.42 Å². The molecule has 4 aromatic heterocycles. The van der Waals surface area contributed by atoms with E-state index in [0.717, 1.165) is 53.8 Å². The van der Waals surface area contributed by atoms with Gasteiger partial charge in [-0.2, -0.15) is 18.2 Å². The van der Waals surface area contributed by atoms with Crippen molar-refractivity contribution in [3.8, 4) is 11.5 Å². The van der Waals surface area contributed by atoms with Gasteiger partial charge in [0.25, 0.3) is 0 Å². The molecule has 0 N–H and O–H groups in total. The Morgan fingerprint density at radius 2 is 1.88 bits per heavy atom. The fourth-order valence-corrected chi connectivity index (χ4v) is 4.16. The summed E-state index contributed by atoms with van der Waals surface area (Å²) in [7, 11) is 0. The number of nitrogens with zero attached hydrogens (tertiary/aromatic N) is 6. The predicted octanol–water partition coefficient (Wildman–Crippen LogP) is 4.79. The minimum Gasteiger partial charge on any atom is -0.371 e. The number of aromatic nitrogens is 5. The van der Waals surface area contributed by atoms with E-state index in [-0.39, 0.29) is 17.4 Å². The van der Waals surface area contributed by atoms with Gasteiger partial charge in [-0.3, -0.25) is 15.0 Å². The molecule has 5 rings (SSSR count). The van der Waals surface area contributed by atoms with Crippen LogP contribution in [0.2, 0.25) is 0 Å². The number of hydrogen-bond acceptors (Lipinski definition) is 7. The third kappa shape index (κ3) is 3.88. The van der Waals surface area contributed by atoms with Crippen LogP contribution in [0.3, 0.4) is 0 Å². The summed E-state index contributed by atoms with van der Waals surface area (Å²) in [4.78, 5) is 18.7. The first-order chi connectivity index (χ1) is 15.4. The van der Waals surface area contributed by atoms with Crippen molar-refractivity contribution >= 4 is 16.6 Å². The Bertz CT molecular complexity index is 1260. The molecular formula is C22H19F3N6O. The molecule has 4 aromatic rings. The topological polar surface area (TPSA) is 80.8 Å². The average molecular weight is 440 g/mol. The molecule has 1 fully saturated rings. The molecule has 1 aliphatic rings. The van der Waals surface area contributed by atoms with Gasteiger partial charge in [0.1, 0.15) is 5.69 Å². The second-order valence-electron chi connectivity index (χ2n) is 7.83. The Morgan fingerprint density at radius 1 is 1.06 bits per heavy atom. The van der Waals surface area contributed by atoms with Crippen molar-refractivity contribution in [3.63, 3.8) is 0 Å². The van der Waals surface area contributed by atoms with E-state index in [9.17, 15) is 13.2 Å². The number of anilines is 1. The van der Waals surface area contributed by atoms with E-state index in [1.807, 2.05) is 25.3 Å². The quantitative estimate of drug-likeness (QED) is 0.453. The lowest BCUT2D eigenvalue weighted by Crippen LogP contribution is -2.33. The standard InChI is InChI=1S/C22H19F3N6O/c1-13-10-19(16-12-26-6-3-17(16)28-13)31-8-4-14(5-9-31)15-2-7-27-18(11-15)20-29-21(32-30-20)22(23,24)25/h2-3,6-7,10-12,14H,4-5,8-9H2,1H3. The molecule has 0 aliphatic carbocycles. The third-order valence-electron chi connectivity index (χ3n) is 5.71. The van der Waals surface area contributed by atoms with Crippen LogP contribution in [0.4, 0.5) is 18.9 Å². The molecule has 0 saturated carbocycles. The van der Waals surface area contributed by atoms with Gasteiger partial charge >= 0.3 is 12.1 Å². The van der Waals surface area contributed by atoms with E-state index in [1.165, 1.54) is 0 Å². The summed E-state index contributed by atoms with van der Waals surface area (Å²) in [5.74, 6) is -1.28. The zero-order valence-electron chi connectivity index (χ0n) is 17.2. The van der Waals surface area contributed by atoms with Crippen LogP contribution >= 0.6 is 0 Å². The highest BCUT2D eigenvalue weighted by molar-refractivity contribution is 5.91. The molecule has 0 aromatic carbocycles. The summed E-state index contributed by atoms with van der Waals surface area (Å²) in [5, 5.41) is 4.47. The van der Waals surface area contributed by atoms with Gasteiger partial charge in [-0.05, 0) is 55.5 Å². The molecule has 164 valence electrons. The van der Waals surface area contributed by atoms with Crippen LogP contribution in [0.5, 0.6) is 0 Å². The summed E-state index contributed by atoms with van der Waals surface area (Å²) in [6.45, 7) is 3.67. The number of pyridine rings is 3. The number of aryl methyl sites for hydroxylation is 1. The highest BCUT2D eigenvalue weighted by Gasteiger charge is 2.38. The van der Waals surface area contributed by atoms with Gasteiger partial charge in [0.05, 0.1) is 5.52 Å². The number of piperidine rings is 1. The minimum atomic E-state index is -4.68. The normalized spacial score (nSPS) is 15.4. The van der Waals surface area contributed by atoms with Gasteiger partial charge in [0, 0.05) is 48.4 Å². The van der Waals surface area contributed by atoms with Gasteiger partial charge in [0.15, 0.2) is 0 Å². The van der Waals surface area contributed by atoms with Crippen LogP contribution in [0.15, 0.2) is 47.4 Å². The van der Waals surface area contributed by atoms with E-state index >= 15 is 0 Å². The summed E-state index contributed by atoms with van der Waals surface area (Å²) in [5.41, 5.74) is 4.28. The molecule has 1 aliphatic heterocycles. The fraction of sp³-hybridized carbons (Fsp3) is 0.318. The molecule has 0 atom stereocenters. The average Bonchev–Trinajstić information content (AvgIpc) is 3.30. The molecule has 0 unspecified atom stereocenters. The van der Waals surface area contributed by atoms with Gasteiger partial charge in [-0.1, -0.05) is 5.16 Å². The lowest BCUT2D eigenvalue weighted by Gasteiger charge is -2.34. The molecule has 0 bridgehead atoms. The Kier molecular flexibility index (Phi) is 4.99. The van der Waals surface area contributed by atoms with E-state index in [0.29, 0.717) is 0 Å². The summed E-state index contributed by atoms with van der Waals surface area (Å²) in [6.07, 6.45) is 2.28. The highest BCUT2D eigenvalue weighted by atomic mass is 19.4. The lowest BCUT2D eigenvalue weighted by molar-refractivity contribution is -0.159. The maximum atomic E-state index is 12.8. The van der Waals surface area contributed by atoms with Crippen molar-refractivity contribution < 1.29 is 17.7 Å². The van der Waals surface area contributed by atoms with Crippen molar-refractivity contribution in [3.05, 3.63) is 60.0 Å². The molecule has 1 saturated heterocycles. The fourth-order valence-electron chi connectivity index (χ4n) is 4.16. The number of hydrogen-bond donors (Lipinski definition) is 0. The molecule has 32 heavy (non-hydrogen) atoms. The monoisotopic (exact) mass is 440 g/mol. The largest absolute Gasteiger partial charge is 0.471 e. The first kappa shape index (κ1) is 20.3. The van der Waals surface area contributed by atoms with Crippen LogP contribution in [-0.2, 0) is 6.18 Å². The lowest BCUT2D eigenvalue weighted by atomic mass is 9.89. The smallest absolute Gasteiger partial charge is 0.371 e. The maximum Gasteiger partial charge on any atom is 0.471 e. The summed E-state index contributed by atoms with van der Waals surface area (Å²) < 4.78 is 42.6. The van der Waals surface area contributed by atoms with Gasteiger partial charge in [-0.15, -0.1) is 0 Å². The number of rotatable bonds is 3. The van der Waals surface area contributed by atoms with E-state index in [4.69, 9.17) is 0 Å². The number of alkyl halides is 3. The van der Waals surface area contributed by atoms with Crippen molar-refractivity contribution in [2.75, 3.05) is 18.0 Å². The second kappa shape index (κ2) is 7.85. The molecule has 0 amide bonds. The highest BCUT2D eigenvalue weighted by Crippen LogP contribution is 2.35. The SMILES string of the molecule is Cc1cc(N2CCC(c3ccnc(-c4noc(C(F)(F)F)n4)c3)CC2)c2cnccc2n1. The van der Waals surface area contributed by atoms with Crippen LogP contribution < -0.4 is 4.90 Å². The van der Waals surface area contributed by atoms with Crippen molar-refractivity contribution in [1.29, 1.82) is 0 Å². The second-order valence-corrected chi connectivity index (χ2v) is 7.83. The number of fused-ring (bicyclic) bond motifs is 1. The first-order valence-electron chi connectivity index (χ1n) is 10.2. The third-order valence-corrected chi connectivity index (χ3v) is 5.71. The summed E-state index contributed by atoms with van der Waals surface area (Å²) >= 11 is 0. The Hall–Kier alpha value is -3.56. The zero-order valence-corrected chi connectivity index (χ0v) is 17.2. The van der Waals surface area contributed by atoms with Crippen LogP contribution in [0.1, 0.15) is 35.9 Å². The van der Waals surface area contributed by atoms with E-state index in [2.05, 4.69) is 40.6 Å². The summed E-state index contributed by atoms with van der Waals surface area (Å²) in [6, 6.07) is 7.65. The zero-order chi connectivity index (χ0) is 22.3. The first-order valence-corrected chi connectivity index (χ1v) is 10.2. The molecular weight excluding hydrogens is 421 g/mol. The van der Waals surface area contributed by atoms with E-state index in [1.54, 1.807) is 18.5 Å². The van der Waals surface area contributed by atoms with Crippen LogP contribution in [-0.4, -0.2) is 38.2 Å². The molecule has 5 heterocycles. The number of halogens is 3. The Balaban J connectivity index is 1.34. The molecule has 0 radical (unpaired) electrons. The maximum absolute atomic E-state index is 12.8. The molecule has 10 heteroatoms. The van der Waals surface area contributed by atoms with Crippen molar-refractivity contribution in [2.24, 2.45) is 0 Å². The van der Waals surface area contributed by atoms with Crippen LogP contribution in [0, 0.1) is 6.92 Å². The van der Waals surface area contributed by atoms with Crippen LogP contribution in [0.25, 0.3) is 22.4 Å². The molecule has 0 spiro atoms. The molecule has 7 nitrogen and oxygen atoms in total. The van der Waals surface area contributed by atoms with Gasteiger partial charge in [-0.25, -0.2) is 0 Å². The predicted molar refractivity (Wildman–Crippen MR) is 111 cm³/mol. The Morgan fingerprint density at radius 3 is 2.62 bits per heavy atom. The Labute approximate surface area is 181 Å². The minimum absolute atomic E-state index is 0.164. The van der Waals surface area contributed by atoms with Crippen molar-refractivity contribution in [2.45, 2.75) is 31.9 Å².